The lowest BCUT2D eigenvalue weighted by Gasteiger charge is -2.03. The molecule has 0 bridgehead atoms. The highest BCUT2D eigenvalue weighted by Gasteiger charge is 2.22. The fraction of sp³-hybridized carbons (Fsp3) is 0.143. The molecule has 2 aromatic rings. The average Bonchev–Trinajstić information content (AvgIpc) is 3.11. The fourth-order valence-electron chi connectivity index (χ4n) is 2.02. The zero-order valence-corrected chi connectivity index (χ0v) is 11.7. The molecule has 0 saturated carbocycles. The Balaban J connectivity index is 2.12. The van der Waals surface area contributed by atoms with Crippen molar-refractivity contribution in [2.45, 2.75) is 0 Å². The number of ether oxygens (including phenoxy) is 3. The van der Waals surface area contributed by atoms with Gasteiger partial charge in [-0.15, -0.1) is 11.3 Å². The summed E-state index contributed by atoms with van der Waals surface area (Å²) in [5.41, 5.74) is 1.17. The summed E-state index contributed by atoms with van der Waals surface area (Å²) >= 11 is 0.882. The minimum atomic E-state index is -1.09. The highest BCUT2D eigenvalue weighted by atomic mass is 32.1. The predicted molar refractivity (Wildman–Crippen MR) is 74.2 cm³/mol. The Morgan fingerprint density at radius 2 is 2.00 bits per heavy atom. The van der Waals surface area contributed by atoms with Crippen LogP contribution in [0.4, 0.5) is 0 Å². The van der Waals surface area contributed by atoms with Gasteiger partial charge in [-0.05, 0) is 23.8 Å². The van der Waals surface area contributed by atoms with E-state index in [1.807, 2.05) is 0 Å². The third-order valence-corrected chi connectivity index (χ3v) is 4.10. The Morgan fingerprint density at radius 1 is 1.24 bits per heavy atom. The van der Waals surface area contributed by atoms with E-state index >= 15 is 0 Å². The number of carbonyl (C=O) groups is 2. The van der Waals surface area contributed by atoms with Crippen LogP contribution in [0.3, 0.4) is 0 Å². The van der Waals surface area contributed by atoms with E-state index < -0.39 is 11.9 Å². The van der Waals surface area contributed by atoms with Crippen molar-refractivity contribution in [2.75, 3.05) is 13.9 Å². The van der Waals surface area contributed by atoms with Gasteiger partial charge in [-0.3, -0.25) is 0 Å². The van der Waals surface area contributed by atoms with Gasteiger partial charge < -0.3 is 19.3 Å². The highest BCUT2D eigenvalue weighted by molar-refractivity contribution is 7.16. The molecule has 1 aromatic heterocycles. The van der Waals surface area contributed by atoms with Crippen LogP contribution in [-0.4, -0.2) is 30.9 Å². The van der Waals surface area contributed by atoms with Crippen molar-refractivity contribution in [3.05, 3.63) is 34.0 Å². The first-order valence-electron chi connectivity index (χ1n) is 5.95. The molecule has 0 aliphatic carbocycles. The second kappa shape index (κ2) is 5.10. The quantitative estimate of drug-likeness (QED) is 0.878. The van der Waals surface area contributed by atoms with Crippen LogP contribution in [0, 0.1) is 0 Å². The van der Waals surface area contributed by atoms with Crippen LogP contribution < -0.4 is 9.47 Å². The average molecular weight is 306 g/mol. The molecule has 2 heterocycles. The molecular formula is C14H10O6S. The fourth-order valence-corrected chi connectivity index (χ4v) is 2.96. The standard InChI is InChI=1S/C14H10O6S/c1-18-14(17)12-8(5-11(21-12)13(15)16)7-2-3-9-10(4-7)20-6-19-9/h2-5H,6H2,1H3,(H,15,16). The summed E-state index contributed by atoms with van der Waals surface area (Å²) in [7, 11) is 1.26. The summed E-state index contributed by atoms with van der Waals surface area (Å²) in [5.74, 6) is -0.476. The number of carboxylic acid groups (broad SMARTS) is 1. The summed E-state index contributed by atoms with van der Waals surface area (Å²) in [6, 6.07) is 6.63. The van der Waals surface area contributed by atoms with E-state index in [2.05, 4.69) is 0 Å². The van der Waals surface area contributed by atoms with Crippen molar-refractivity contribution in [1.29, 1.82) is 0 Å². The number of esters is 1. The van der Waals surface area contributed by atoms with Crippen molar-refractivity contribution in [2.24, 2.45) is 0 Å². The number of fused-ring (bicyclic) bond motifs is 1. The number of hydrogen-bond donors (Lipinski definition) is 1. The van der Waals surface area contributed by atoms with Gasteiger partial charge in [0.05, 0.1) is 7.11 Å². The van der Waals surface area contributed by atoms with Gasteiger partial charge in [0.1, 0.15) is 9.75 Å². The Labute approximate surface area is 123 Å². The van der Waals surface area contributed by atoms with Gasteiger partial charge in [-0.1, -0.05) is 6.07 Å². The van der Waals surface area contributed by atoms with Crippen LogP contribution in [0.15, 0.2) is 24.3 Å². The molecule has 6 nitrogen and oxygen atoms in total. The predicted octanol–water partition coefficient (Wildman–Crippen LogP) is 2.63. The zero-order valence-electron chi connectivity index (χ0n) is 10.9. The van der Waals surface area contributed by atoms with E-state index in [0.29, 0.717) is 22.6 Å². The van der Waals surface area contributed by atoms with E-state index in [0.717, 1.165) is 11.3 Å². The number of methoxy groups -OCH3 is 1. The van der Waals surface area contributed by atoms with Gasteiger partial charge in [-0.2, -0.15) is 0 Å². The molecule has 0 saturated heterocycles. The van der Waals surface area contributed by atoms with Gasteiger partial charge in [0.25, 0.3) is 0 Å². The topological polar surface area (TPSA) is 82.1 Å². The molecule has 7 heteroatoms. The summed E-state index contributed by atoms with van der Waals surface area (Å²) in [4.78, 5) is 23.2. The van der Waals surface area contributed by atoms with E-state index in [1.165, 1.54) is 13.2 Å². The first-order valence-corrected chi connectivity index (χ1v) is 6.77. The third-order valence-electron chi connectivity index (χ3n) is 3.00. The molecule has 1 N–H and O–H groups in total. The molecule has 3 rings (SSSR count). The van der Waals surface area contributed by atoms with E-state index in [9.17, 15) is 9.59 Å². The molecule has 0 atom stereocenters. The number of carbonyl (C=O) groups excluding carboxylic acids is 1. The number of thiophene rings is 1. The molecule has 0 fully saturated rings. The molecular weight excluding hydrogens is 296 g/mol. The normalized spacial score (nSPS) is 12.2. The van der Waals surface area contributed by atoms with Crippen LogP contribution >= 0.6 is 11.3 Å². The Kier molecular flexibility index (Phi) is 3.26. The first kappa shape index (κ1) is 13.4. The molecule has 1 aliphatic rings. The van der Waals surface area contributed by atoms with E-state index in [1.54, 1.807) is 18.2 Å². The summed E-state index contributed by atoms with van der Waals surface area (Å²) in [6.45, 7) is 0.145. The lowest BCUT2D eigenvalue weighted by Crippen LogP contribution is -1.99. The molecule has 108 valence electrons. The van der Waals surface area contributed by atoms with Crippen molar-refractivity contribution < 1.29 is 28.9 Å². The van der Waals surface area contributed by atoms with E-state index in [-0.39, 0.29) is 16.5 Å². The number of aromatic carboxylic acids is 1. The van der Waals surface area contributed by atoms with E-state index in [4.69, 9.17) is 19.3 Å². The molecule has 21 heavy (non-hydrogen) atoms. The number of carboxylic acids is 1. The van der Waals surface area contributed by atoms with Crippen molar-refractivity contribution in [1.82, 2.24) is 0 Å². The molecule has 1 aromatic carbocycles. The molecule has 0 unspecified atom stereocenters. The lowest BCUT2D eigenvalue weighted by molar-refractivity contribution is 0.0606. The van der Waals surface area contributed by atoms with Gasteiger partial charge >= 0.3 is 11.9 Å². The Hall–Kier alpha value is -2.54. The largest absolute Gasteiger partial charge is 0.477 e. The van der Waals surface area contributed by atoms with Crippen LogP contribution in [0.1, 0.15) is 19.3 Å². The van der Waals surface area contributed by atoms with Crippen LogP contribution in [-0.2, 0) is 4.74 Å². The van der Waals surface area contributed by atoms with Crippen molar-refractivity contribution in [3.8, 4) is 22.6 Å². The first-order chi connectivity index (χ1) is 10.1. The van der Waals surface area contributed by atoms with Crippen LogP contribution in [0.5, 0.6) is 11.5 Å². The number of rotatable bonds is 3. The smallest absolute Gasteiger partial charge is 0.348 e. The third kappa shape index (κ3) is 2.31. The van der Waals surface area contributed by atoms with Crippen LogP contribution in [0.25, 0.3) is 11.1 Å². The molecule has 0 radical (unpaired) electrons. The second-order valence-electron chi connectivity index (χ2n) is 4.22. The molecule has 1 aliphatic heterocycles. The van der Waals surface area contributed by atoms with Crippen molar-refractivity contribution in [3.63, 3.8) is 0 Å². The van der Waals surface area contributed by atoms with Crippen molar-refractivity contribution >= 4 is 23.3 Å². The monoisotopic (exact) mass is 306 g/mol. The molecule has 0 amide bonds. The maximum atomic E-state index is 11.8. The zero-order chi connectivity index (χ0) is 15.0. The van der Waals surface area contributed by atoms with Gasteiger partial charge in [0.2, 0.25) is 6.79 Å². The summed E-state index contributed by atoms with van der Waals surface area (Å²) in [6.07, 6.45) is 0. The highest BCUT2D eigenvalue weighted by Crippen LogP contribution is 2.39. The van der Waals surface area contributed by atoms with Gasteiger partial charge in [0.15, 0.2) is 11.5 Å². The summed E-state index contributed by atoms with van der Waals surface area (Å²) < 4.78 is 15.2. The minimum absolute atomic E-state index is 0.0723. The number of hydrogen-bond acceptors (Lipinski definition) is 6. The van der Waals surface area contributed by atoms with Gasteiger partial charge in [0, 0.05) is 5.56 Å². The SMILES string of the molecule is COC(=O)c1sc(C(=O)O)cc1-c1ccc2c(c1)OCO2. The maximum absolute atomic E-state index is 11.8. The van der Waals surface area contributed by atoms with Crippen LogP contribution in [0.2, 0.25) is 0 Å². The Bertz CT molecular complexity index is 733. The molecule has 0 spiro atoms. The summed E-state index contributed by atoms with van der Waals surface area (Å²) in [5, 5.41) is 9.09. The second-order valence-corrected chi connectivity index (χ2v) is 5.27. The number of benzene rings is 1. The Morgan fingerprint density at radius 3 is 2.71 bits per heavy atom. The maximum Gasteiger partial charge on any atom is 0.348 e. The minimum Gasteiger partial charge on any atom is -0.477 e. The van der Waals surface area contributed by atoms with Gasteiger partial charge in [-0.25, -0.2) is 9.59 Å². The lowest BCUT2D eigenvalue weighted by atomic mass is 10.1.